The SMILES string of the molecule is Cc1cccc(NC(=O)c2ccc(-n3c(C)nc4ccccc4c3=O)cc2)c1C. The predicted octanol–water partition coefficient (Wildman–Crippen LogP) is 4.56. The molecule has 4 aromatic rings. The van der Waals surface area contributed by atoms with Crippen LogP contribution in [0.15, 0.2) is 71.5 Å². The number of aryl methyl sites for hydroxylation is 2. The molecule has 0 aliphatic heterocycles. The van der Waals surface area contributed by atoms with Crippen molar-refractivity contribution in [1.82, 2.24) is 9.55 Å². The van der Waals surface area contributed by atoms with Gasteiger partial charge in [-0.2, -0.15) is 0 Å². The summed E-state index contributed by atoms with van der Waals surface area (Å²) in [5.74, 6) is 0.409. The lowest BCUT2D eigenvalue weighted by Gasteiger charge is -2.12. The molecular formula is C24H21N3O2. The summed E-state index contributed by atoms with van der Waals surface area (Å²) < 4.78 is 1.56. The Morgan fingerprint density at radius 3 is 2.38 bits per heavy atom. The lowest BCUT2D eigenvalue weighted by molar-refractivity contribution is 0.102. The van der Waals surface area contributed by atoms with Crippen LogP contribution in [-0.2, 0) is 0 Å². The molecule has 0 bridgehead atoms. The highest BCUT2D eigenvalue weighted by Gasteiger charge is 2.12. The van der Waals surface area contributed by atoms with Gasteiger partial charge in [0.2, 0.25) is 0 Å². The van der Waals surface area contributed by atoms with Gasteiger partial charge in [0, 0.05) is 11.3 Å². The zero-order valence-corrected chi connectivity index (χ0v) is 16.6. The number of hydrogen-bond acceptors (Lipinski definition) is 3. The second-order valence-corrected chi connectivity index (χ2v) is 7.07. The summed E-state index contributed by atoms with van der Waals surface area (Å²) in [7, 11) is 0. The van der Waals surface area contributed by atoms with Gasteiger partial charge in [-0.1, -0.05) is 24.3 Å². The molecule has 1 amide bonds. The molecule has 0 fully saturated rings. The Morgan fingerprint density at radius 2 is 1.62 bits per heavy atom. The molecule has 29 heavy (non-hydrogen) atoms. The van der Waals surface area contributed by atoms with Crippen molar-refractivity contribution in [2.45, 2.75) is 20.8 Å². The van der Waals surface area contributed by atoms with Gasteiger partial charge in [-0.05, 0) is 74.4 Å². The molecule has 0 saturated carbocycles. The van der Waals surface area contributed by atoms with Gasteiger partial charge < -0.3 is 5.32 Å². The van der Waals surface area contributed by atoms with E-state index < -0.39 is 0 Å². The standard InChI is InChI=1S/C24H21N3O2/c1-15-7-6-10-21(16(15)2)26-23(28)18-11-13-19(14-12-18)27-17(3)25-22-9-5-4-8-20(22)24(27)29/h4-14H,1-3H3,(H,26,28). The number of aromatic nitrogens is 2. The zero-order chi connectivity index (χ0) is 20.5. The van der Waals surface area contributed by atoms with Crippen LogP contribution >= 0.6 is 0 Å². The number of hydrogen-bond donors (Lipinski definition) is 1. The molecule has 4 rings (SSSR count). The van der Waals surface area contributed by atoms with Gasteiger partial charge in [0.05, 0.1) is 16.6 Å². The minimum absolute atomic E-state index is 0.124. The third-order valence-electron chi connectivity index (χ3n) is 5.18. The molecule has 144 valence electrons. The number of fused-ring (bicyclic) bond motifs is 1. The Balaban J connectivity index is 1.66. The normalized spacial score (nSPS) is 10.9. The summed E-state index contributed by atoms with van der Waals surface area (Å²) in [6.07, 6.45) is 0. The van der Waals surface area contributed by atoms with E-state index in [0.717, 1.165) is 16.8 Å². The molecule has 0 radical (unpaired) electrons. The fourth-order valence-electron chi connectivity index (χ4n) is 3.39. The van der Waals surface area contributed by atoms with Crippen LogP contribution in [0.3, 0.4) is 0 Å². The Kier molecular flexibility index (Phi) is 4.72. The first-order chi connectivity index (χ1) is 14.0. The molecule has 1 heterocycles. The first-order valence-corrected chi connectivity index (χ1v) is 9.42. The van der Waals surface area contributed by atoms with E-state index in [1.165, 1.54) is 0 Å². The van der Waals surface area contributed by atoms with Gasteiger partial charge in [-0.25, -0.2) is 4.98 Å². The molecule has 0 spiro atoms. The molecule has 5 heteroatoms. The van der Waals surface area contributed by atoms with Crippen molar-refractivity contribution >= 4 is 22.5 Å². The predicted molar refractivity (Wildman–Crippen MR) is 116 cm³/mol. The van der Waals surface area contributed by atoms with Gasteiger partial charge >= 0.3 is 0 Å². The van der Waals surface area contributed by atoms with Crippen LogP contribution in [0.4, 0.5) is 5.69 Å². The quantitative estimate of drug-likeness (QED) is 0.564. The van der Waals surface area contributed by atoms with Crippen LogP contribution < -0.4 is 10.9 Å². The molecule has 0 atom stereocenters. The fourth-order valence-corrected chi connectivity index (χ4v) is 3.39. The van der Waals surface area contributed by atoms with Crippen LogP contribution in [0.5, 0.6) is 0 Å². The Bertz CT molecular complexity index is 1290. The van der Waals surface area contributed by atoms with Gasteiger partial charge in [0.1, 0.15) is 5.82 Å². The minimum Gasteiger partial charge on any atom is -0.322 e. The second kappa shape index (κ2) is 7.36. The lowest BCUT2D eigenvalue weighted by Crippen LogP contribution is -2.22. The van der Waals surface area contributed by atoms with E-state index in [1.54, 1.807) is 41.8 Å². The smallest absolute Gasteiger partial charge is 0.265 e. The average molecular weight is 383 g/mol. The van der Waals surface area contributed by atoms with Crippen LogP contribution in [0.1, 0.15) is 27.3 Å². The highest BCUT2D eigenvalue weighted by atomic mass is 16.1. The molecular weight excluding hydrogens is 362 g/mol. The third-order valence-corrected chi connectivity index (χ3v) is 5.18. The maximum absolute atomic E-state index is 12.9. The molecule has 0 unspecified atom stereocenters. The van der Waals surface area contributed by atoms with Gasteiger partial charge in [0.25, 0.3) is 11.5 Å². The number of amides is 1. The highest BCUT2D eigenvalue weighted by Crippen LogP contribution is 2.19. The molecule has 1 N–H and O–H groups in total. The maximum atomic E-state index is 12.9. The highest BCUT2D eigenvalue weighted by molar-refractivity contribution is 6.04. The van der Waals surface area contributed by atoms with Crippen molar-refractivity contribution in [1.29, 1.82) is 0 Å². The van der Waals surface area contributed by atoms with Gasteiger partial charge in [-0.3, -0.25) is 14.2 Å². The molecule has 0 aliphatic rings. The molecule has 0 saturated heterocycles. The number of carbonyl (C=O) groups is 1. The van der Waals surface area contributed by atoms with Crippen LogP contribution in [0, 0.1) is 20.8 Å². The van der Waals surface area contributed by atoms with Crippen LogP contribution in [-0.4, -0.2) is 15.5 Å². The monoisotopic (exact) mass is 383 g/mol. The van der Waals surface area contributed by atoms with E-state index in [1.807, 2.05) is 50.2 Å². The number of benzene rings is 3. The largest absolute Gasteiger partial charge is 0.322 e. The average Bonchev–Trinajstić information content (AvgIpc) is 2.72. The fraction of sp³-hybridized carbons (Fsp3) is 0.125. The Labute approximate surface area is 168 Å². The summed E-state index contributed by atoms with van der Waals surface area (Å²) in [4.78, 5) is 30.1. The summed E-state index contributed by atoms with van der Waals surface area (Å²) in [6, 6.07) is 20.1. The first kappa shape index (κ1) is 18.6. The van der Waals surface area contributed by atoms with Crippen molar-refractivity contribution in [3.63, 3.8) is 0 Å². The zero-order valence-electron chi connectivity index (χ0n) is 16.6. The minimum atomic E-state index is -0.189. The van der Waals surface area contributed by atoms with Crippen molar-refractivity contribution in [2.75, 3.05) is 5.32 Å². The van der Waals surface area contributed by atoms with E-state index in [0.29, 0.717) is 28.0 Å². The van der Waals surface area contributed by atoms with E-state index in [2.05, 4.69) is 10.3 Å². The van der Waals surface area contributed by atoms with Crippen molar-refractivity contribution in [3.05, 3.63) is 99.6 Å². The van der Waals surface area contributed by atoms with E-state index in [4.69, 9.17) is 0 Å². The van der Waals surface area contributed by atoms with Gasteiger partial charge in [0.15, 0.2) is 0 Å². The summed E-state index contributed by atoms with van der Waals surface area (Å²) >= 11 is 0. The summed E-state index contributed by atoms with van der Waals surface area (Å²) in [5.41, 5.74) is 4.71. The number of anilines is 1. The Morgan fingerprint density at radius 1 is 0.897 bits per heavy atom. The van der Waals surface area contributed by atoms with Crippen molar-refractivity contribution in [2.24, 2.45) is 0 Å². The molecule has 1 aromatic heterocycles. The number of carbonyl (C=O) groups excluding carboxylic acids is 1. The number of nitrogens with zero attached hydrogens (tertiary/aromatic N) is 2. The third kappa shape index (κ3) is 3.43. The summed E-state index contributed by atoms with van der Waals surface area (Å²) in [6.45, 7) is 5.79. The first-order valence-electron chi connectivity index (χ1n) is 9.42. The van der Waals surface area contributed by atoms with E-state index in [-0.39, 0.29) is 11.5 Å². The maximum Gasteiger partial charge on any atom is 0.265 e. The Hall–Kier alpha value is -3.73. The molecule has 5 nitrogen and oxygen atoms in total. The second-order valence-electron chi connectivity index (χ2n) is 7.07. The van der Waals surface area contributed by atoms with Crippen molar-refractivity contribution in [3.8, 4) is 5.69 Å². The topological polar surface area (TPSA) is 64.0 Å². The van der Waals surface area contributed by atoms with Gasteiger partial charge in [-0.15, -0.1) is 0 Å². The van der Waals surface area contributed by atoms with Crippen LogP contribution in [0.25, 0.3) is 16.6 Å². The number of rotatable bonds is 3. The number of para-hydroxylation sites is 1. The summed E-state index contributed by atoms with van der Waals surface area (Å²) in [5, 5.41) is 3.52. The molecule has 0 aliphatic carbocycles. The van der Waals surface area contributed by atoms with E-state index in [9.17, 15) is 9.59 Å². The lowest BCUT2D eigenvalue weighted by atomic mass is 10.1. The van der Waals surface area contributed by atoms with Crippen molar-refractivity contribution < 1.29 is 4.79 Å². The molecule has 3 aromatic carbocycles. The number of nitrogens with one attached hydrogen (secondary N) is 1. The van der Waals surface area contributed by atoms with E-state index >= 15 is 0 Å². The van der Waals surface area contributed by atoms with Crippen LogP contribution in [0.2, 0.25) is 0 Å².